The van der Waals surface area contributed by atoms with E-state index in [0.29, 0.717) is 18.2 Å². The minimum absolute atomic E-state index is 0.0589. The molecule has 3 N–H and O–H groups in total. The van der Waals surface area contributed by atoms with Crippen LogP contribution in [0.5, 0.6) is 5.75 Å². The van der Waals surface area contributed by atoms with E-state index in [9.17, 15) is 9.90 Å². The number of rotatable bonds is 2. The van der Waals surface area contributed by atoms with Gasteiger partial charge in [-0.2, -0.15) is 0 Å². The van der Waals surface area contributed by atoms with E-state index in [1.165, 1.54) is 12.1 Å². The van der Waals surface area contributed by atoms with E-state index in [-0.39, 0.29) is 27.6 Å². The summed E-state index contributed by atoms with van der Waals surface area (Å²) in [5.41, 5.74) is 0.493. The molecule has 1 heterocycles. The van der Waals surface area contributed by atoms with Crippen LogP contribution < -0.4 is 10.6 Å². The highest BCUT2D eigenvalue weighted by Gasteiger charge is 2.29. The zero-order valence-corrected chi connectivity index (χ0v) is 11.3. The van der Waals surface area contributed by atoms with Crippen molar-refractivity contribution in [3.8, 4) is 5.75 Å². The number of carbonyl (C=O) groups excluding carboxylic acids is 1. The molecule has 0 saturated carbocycles. The van der Waals surface area contributed by atoms with Gasteiger partial charge in [-0.1, -0.05) is 30.1 Å². The minimum atomic E-state index is -0.174. The average Bonchev–Trinajstić information content (AvgIpc) is 2.72. The Labute approximate surface area is 115 Å². The van der Waals surface area contributed by atoms with Crippen molar-refractivity contribution in [3.05, 3.63) is 22.2 Å². The van der Waals surface area contributed by atoms with Gasteiger partial charge in [-0.05, 0) is 24.6 Å². The fourth-order valence-corrected chi connectivity index (χ4v) is 2.52. The smallest absolute Gasteiger partial charge is 0.229 e. The van der Waals surface area contributed by atoms with Crippen LogP contribution >= 0.6 is 23.2 Å². The number of anilines is 1. The van der Waals surface area contributed by atoms with E-state index in [2.05, 4.69) is 10.6 Å². The van der Waals surface area contributed by atoms with Crippen LogP contribution in [0.15, 0.2) is 12.1 Å². The molecule has 1 aliphatic heterocycles. The van der Waals surface area contributed by atoms with E-state index < -0.39 is 0 Å². The van der Waals surface area contributed by atoms with Gasteiger partial charge in [0.25, 0.3) is 0 Å². The van der Waals surface area contributed by atoms with E-state index in [1.54, 1.807) is 0 Å². The first-order valence-electron chi connectivity index (χ1n) is 5.68. The molecule has 2 rings (SSSR count). The molecule has 1 aromatic carbocycles. The Bertz CT molecular complexity index is 456. The number of phenols is 1. The SMILES string of the molecule is CC1CNCC1C(=O)Nc1cc(Cl)c(O)c(Cl)c1. The second-order valence-corrected chi connectivity index (χ2v) is 5.33. The number of hydrogen-bond donors (Lipinski definition) is 3. The second-order valence-electron chi connectivity index (χ2n) is 4.52. The Hall–Kier alpha value is -0.970. The highest BCUT2D eigenvalue weighted by Crippen LogP contribution is 2.34. The van der Waals surface area contributed by atoms with Crippen molar-refractivity contribution in [3.63, 3.8) is 0 Å². The molecule has 4 nitrogen and oxygen atoms in total. The van der Waals surface area contributed by atoms with Gasteiger partial charge in [-0.15, -0.1) is 0 Å². The van der Waals surface area contributed by atoms with Gasteiger partial charge in [0.15, 0.2) is 5.75 Å². The minimum Gasteiger partial charge on any atom is -0.505 e. The number of nitrogens with one attached hydrogen (secondary N) is 2. The van der Waals surface area contributed by atoms with Gasteiger partial charge in [-0.3, -0.25) is 4.79 Å². The molecule has 1 aliphatic rings. The average molecular weight is 289 g/mol. The fraction of sp³-hybridized carbons (Fsp3) is 0.417. The van der Waals surface area contributed by atoms with Crippen LogP contribution in [0.4, 0.5) is 5.69 Å². The highest BCUT2D eigenvalue weighted by molar-refractivity contribution is 6.37. The molecule has 6 heteroatoms. The summed E-state index contributed by atoms with van der Waals surface area (Å²) in [6, 6.07) is 2.96. The molecule has 1 aromatic rings. The summed E-state index contributed by atoms with van der Waals surface area (Å²) in [5, 5.41) is 15.6. The molecular formula is C12H14Cl2N2O2. The molecule has 2 atom stereocenters. The lowest BCUT2D eigenvalue weighted by Crippen LogP contribution is -2.27. The summed E-state index contributed by atoms with van der Waals surface area (Å²) in [6.45, 7) is 3.54. The lowest BCUT2D eigenvalue weighted by molar-refractivity contribution is -0.120. The summed E-state index contributed by atoms with van der Waals surface area (Å²) < 4.78 is 0. The zero-order valence-electron chi connectivity index (χ0n) is 9.84. The largest absolute Gasteiger partial charge is 0.505 e. The molecule has 0 spiro atoms. The molecule has 0 aromatic heterocycles. The van der Waals surface area contributed by atoms with Gasteiger partial charge < -0.3 is 15.7 Å². The predicted molar refractivity (Wildman–Crippen MR) is 72.3 cm³/mol. The molecule has 1 amide bonds. The number of amides is 1. The monoisotopic (exact) mass is 288 g/mol. The van der Waals surface area contributed by atoms with Gasteiger partial charge in [0.1, 0.15) is 0 Å². The Morgan fingerprint density at radius 1 is 1.39 bits per heavy atom. The van der Waals surface area contributed by atoms with Crippen molar-refractivity contribution in [2.75, 3.05) is 18.4 Å². The molecule has 18 heavy (non-hydrogen) atoms. The first kappa shape index (κ1) is 13.5. The maximum Gasteiger partial charge on any atom is 0.229 e. The third kappa shape index (κ3) is 2.71. The van der Waals surface area contributed by atoms with Gasteiger partial charge in [0.05, 0.1) is 16.0 Å². The Kier molecular flexibility index (Phi) is 4.00. The second kappa shape index (κ2) is 5.34. The highest BCUT2D eigenvalue weighted by atomic mass is 35.5. The van der Waals surface area contributed by atoms with Crippen molar-refractivity contribution in [1.82, 2.24) is 5.32 Å². The number of benzene rings is 1. The summed E-state index contributed by atoms with van der Waals surface area (Å²) in [7, 11) is 0. The topological polar surface area (TPSA) is 61.4 Å². The van der Waals surface area contributed by atoms with E-state index in [4.69, 9.17) is 23.2 Å². The first-order valence-corrected chi connectivity index (χ1v) is 6.44. The quantitative estimate of drug-likeness (QED) is 0.733. The third-order valence-corrected chi connectivity index (χ3v) is 3.71. The first-order chi connectivity index (χ1) is 8.49. The third-order valence-electron chi connectivity index (χ3n) is 3.14. The standard InChI is InChI=1S/C12H14Cl2N2O2/c1-6-4-15-5-8(6)12(18)16-7-2-9(13)11(17)10(14)3-7/h2-3,6,8,15,17H,4-5H2,1H3,(H,16,18). The van der Waals surface area contributed by atoms with Crippen LogP contribution in [-0.2, 0) is 4.79 Å². The van der Waals surface area contributed by atoms with Gasteiger partial charge >= 0.3 is 0 Å². The maximum absolute atomic E-state index is 12.0. The van der Waals surface area contributed by atoms with Crippen LogP contribution in [0.25, 0.3) is 0 Å². The molecule has 0 bridgehead atoms. The summed E-state index contributed by atoms with van der Waals surface area (Å²) in [5.74, 6) is 0.00182. The van der Waals surface area contributed by atoms with Crippen LogP contribution in [0.3, 0.4) is 0 Å². The molecule has 1 saturated heterocycles. The van der Waals surface area contributed by atoms with Crippen LogP contribution in [0.1, 0.15) is 6.92 Å². The fourth-order valence-electron chi connectivity index (χ4n) is 2.03. The molecule has 1 fully saturated rings. The molecule has 98 valence electrons. The van der Waals surface area contributed by atoms with E-state index in [1.807, 2.05) is 6.92 Å². The molecule has 0 radical (unpaired) electrons. The normalized spacial score (nSPS) is 23.1. The van der Waals surface area contributed by atoms with Crippen LogP contribution in [-0.4, -0.2) is 24.1 Å². The number of hydrogen-bond acceptors (Lipinski definition) is 3. The van der Waals surface area contributed by atoms with E-state index >= 15 is 0 Å². The zero-order chi connectivity index (χ0) is 13.3. The molecule has 0 aliphatic carbocycles. The number of aromatic hydroxyl groups is 1. The lowest BCUT2D eigenvalue weighted by atomic mass is 9.97. The van der Waals surface area contributed by atoms with Crippen LogP contribution in [0.2, 0.25) is 10.0 Å². The van der Waals surface area contributed by atoms with Crippen molar-refractivity contribution in [1.29, 1.82) is 0 Å². The Morgan fingerprint density at radius 3 is 2.50 bits per heavy atom. The summed E-state index contributed by atoms with van der Waals surface area (Å²) in [6.07, 6.45) is 0. The molecule has 2 unspecified atom stereocenters. The van der Waals surface area contributed by atoms with Crippen molar-refractivity contribution < 1.29 is 9.90 Å². The van der Waals surface area contributed by atoms with Gasteiger partial charge in [0.2, 0.25) is 5.91 Å². The Morgan fingerprint density at radius 2 is 2.00 bits per heavy atom. The lowest BCUT2D eigenvalue weighted by Gasteiger charge is -2.14. The van der Waals surface area contributed by atoms with Gasteiger partial charge in [-0.25, -0.2) is 0 Å². The Balaban J connectivity index is 2.12. The maximum atomic E-state index is 12.0. The van der Waals surface area contributed by atoms with Crippen LogP contribution in [0, 0.1) is 11.8 Å². The molecular weight excluding hydrogens is 275 g/mol. The summed E-state index contributed by atoms with van der Waals surface area (Å²) >= 11 is 11.6. The van der Waals surface area contributed by atoms with Crippen molar-refractivity contribution >= 4 is 34.8 Å². The van der Waals surface area contributed by atoms with E-state index in [0.717, 1.165) is 6.54 Å². The van der Waals surface area contributed by atoms with Crippen molar-refractivity contribution in [2.24, 2.45) is 11.8 Å². The number of phenolic OH excluding ortho intramolecular Hbond substituents is 1. The van der Waals surface area contributed by atoms with Crippen molar-refractivity contribution in [2.45, 2.75) is 6.92 Å². The summed E-state index contributed by atoms with van der Waals surface area (Å²) in [4.78, 5) is 12.0. The predicted octanol–water partition coefficient (Wildman–Crippen LogP) is 2.49. The van der Waals surface area contributed by atoms with Gasteiger partial charge in [0, 0.05) is 12.2 Å². The number of carbonyl (C=O) groups is 1. The number of halogens is 2.